The molecule has 0 spiro atoms. The molecule has 0 aliphatic carbocycles. The molecule has 0 amide bonds. The molecule has 0 radical (unpaired) electrons. The second-order valence-electron chi connectivity index (χ2n) is 5.34. The predicted molar refractivity (Wildman–Crippen MR) is 83.0 cm³/mol. The second-order valence-corrected chi connectivity index (χ2v) is 5.34. The fourth-order valence-corrected chi connectivity index (χ4v) is 1.93. The van der Waals surface area contributed by atoms with Crippen LogP contribution in [0.2, 0.25) is 0 Å². The van der Waals surface area contributed by atoms with E-state index in [4.69, 9.17) is 4.52 Å². The van der Waals surface area contributed by atoms with Crippen molar-refractivity contribution in [1.82, 2.24) is 20.4 Å². The normalized spacial score (nSPS) is 12.0. The van der Waals surface area contributed by atoms with E-state index in [0.717, 1.165) is 24.0 Å². The highest BCUT2D eigenvalue weighted by Gasteiger charge is 2.08. The summed E-state index contributed by atoms with van der Waals surface area (Å²) in [5.41, 5.74) is 2.18. The Balaban J connectivity index is 1.82. The molecule has 2 aromatic rings. The van der Waals surface area contributed by atoms with Crippen LogP contribution in [-0.4, -0.2) is 22.7 Å². The first-order chi connectivity index (χ1) is 10.1. The number of nitrogens with one attached hydrogen (secondary N) is 2. The van der Waals surface area contributed by atoms with Gasteiger partial charge in [0.05, 0.1) is 12.2 Å². The number of hydrogen-bond acceptors (Lipinski definition) is 3. The van der Waals surface area contributed by atoms with Crippen LogP contribution in [-0.2, 0) is 20.1 Å². The molecule has 2 heterocycles. The van der Waals surface area contributed by atoms with Crippen LogP contribution in [0, 0.1) is 0 Å². The molecular formula is C15H23N5O. The van der Waals surface area contributed by atoms with Gasteiger partial charge in [0.15, 0.2) is 11.7 Å². The first-order valence-corrected chi connectivity index (χ1v) is 7.09. The van der Waals surface area contributed by atoms with Crippen LogP contribution in [0.15, 0.2) is 34.0 Å². The van der Waals surface area contributed by atoms with Gasteiger partial charge in [-0.2, -0.15) is 0 Å². The maximum absolute atomic E-state index is 5.29. The molecule has 0 saturated carbocycles. The van der Waals surface area contributed by atoms with Crippen LogP contribution in [0.3, 0.4) is 0 Å². The van der Waals surface area contributed by atoms with Crippen LogP contribution >= 0.6 is 0 Å². The Bertz CT molecular complexity index is 597. The van der Waals surface area contributed by atoms with Gasteiger partial charge in [0.2, 0.25) is 0 Å². The van der Waals surface area contributed by atoms with Crippen molar-refractivity contribution in [2.45, 2.75) is 32.9 Å². The van der Waals surface area contributed by atoms with Gasteiger partial charge >= 0.3 is 0 Å². The van der Waals surface area contributed by atoms with Gasteiger partial charge in [0, 0.05) is 39.1 Å². The maximum Gasteiger partial charge on any atom is 0.191 e. The zero-order valence-electron chi connectivity index (χ0n) is 13.1. The van der Waals surface area contributed by atoms with Crippen LogP contribution in [0.25, 0.3) is 0 Å². The van der Waals surface area contributed by atoms with Crippen molar-refractivity contribution < 1.29 is 4.52 Å². The van der Waals surface area contributed by atoms with Crippen molar-refractivity contribution in [3.8, 4) is 0 Å². The van der Waals surface area contributed by atoms with Gasteiger partial charge in [-0.1, -0.05) is 19.0 Å². The molecule has 2 rings (SSSR count). The Kier molecular flexibility index (Phi) is 5.03. The lowest BCUT2D eigenvalue weighted by molar-refractivity contribution is 0.372. The second kappa shape index (κ2) is 6.97. The van der Waals surface area contributed by atoms with Gasteiger partial charge in [-0.3, -0.25) is 4.99 Å². The van der Waals surface area contributed by atoms with E-state index in [1.807, 2.05) is 23.9 Å². The summed E-state index contributed by atoms with van der Waals surface area (Å²) >= 11 is 0. The van der Waals surface area contributed by atoms with E-state index < -0.39 is 0 Å². The monoisotopic (exact) mass is 289 g/mol. The van der Waals surface area contributed by atoms with E-state index in [9.17, 15) is 0 Å². The van der Waals surface area contributed by atoms with Crippen LogP contribution in [0.1, 0.15) is 36.8 Å². The zero-order chi connectivity index (χ0) is 15.2. The van der Waals surface area contributed by atoms with Crippen molar-refractivity contribution in [2.24, 2.45) is 12.0 Å². The standard InChI is InChI=1S/C15H23N5O/c1-11(2)14-7-13(21-19-14)9-18-15(16-3)17-8-12-5-6-20(4)10-12/h5-7,10-11H,8-9H2,1-4H3,(H2,16,17,18). The van der Waals surface area contributed by atoms with E-state index in [-0.39, 0.29) is 0 Å². The number of aromatic nitrogens is 2. The Labute approximate surface area is 125 Å². The molecule has 6 nitrogen and oxygen atoms in total. The van der Waals surface area contributed by atoms with Crippen molar-refractivity contribution in [3.05, 3.63) is 41.5 Å². The van der Waals surface area contributed by atoms with E-state index >= 15 is 0 Å². The van der Waals surface area contributed by atoms with E-state index in [1.165, 1.54) is 5.56 Å². The smallest absolute Gasteiger partial charge is 0.191 e. The average molecular weight is 289 g/mol. The van der Waals surface area contributed by atoms with E-state index in [0.29, 0.717) is 12.5 Å². The largest absolute Gasteiger partial charge is 0.359 e. The molecular weight excluding hydrogens is 266 g/mol. The molecule has 21 heavy (non-hydrogen) atoms. The van der Waals surface area contributed by atoms with Crippen LogP contribution in [0.5, 0.6) is 0 Å². The molecule has 2 aromatic heterocycles. The molecule has 0 unspecified atom stereocenters. The van der Waals surface area contributed by atoms with Crippen molar-refractivity contribution in [3.63, 3.8) is 0 Å². The summed E-state index contributed by atoms with van der Waals surface area (Å²) in [5, 5.41) is 10.5. The molecule has 0 atom stereocenters. The Hall–Kier alpha value is -2.24. The molecule has 0 aliphatic heterocycles. The lowest BCUT2D eigenvalue weighted by atomic mass is 10.1. The summed E-state index contributed by atoms with van der Waals surface area (Å²) in [6, 6.07) is 4.05. The Morgan fingerprint density at radius 3 is 2.71 bits per heavy atom. The molecule has 0 bridgehead atoms. The topological polar surface area (TPSA) is 67.4 Å². The summed E-state index contributed by atoms with van der Waals surface area (Å²) in [4.78, 5) is 4.19. The van der Waals surface area contributed by atoms with Gasteiger partial charge in [-0.25, -0.2) is 0 Å². The number of aliphatic imine (C=N–C) groups is 1. The minimum atomic E-state index is 0.373. The molecule has 0 aromatic carbocycles. The number of rotatable bonds is 5. The minimum Gasteiger partial charge on any atom is -0.359 e. The van der Waals surface area contributed by atoms with Crippen LogP contribution in [0.4, 0.5) is 0 Å². The summed E-state index contributed by atoms with van der Waals surface area (Å²) in [6.45, 7) is 5.48. The first-order valence-electron chi connectivity index (χ1n) is 7.09. The fourth-order valence-electron chi connectivity index (χ4n) is 1.93. The number of hydrogen-bond donors (Lipinski definition) is 2. The number of aryl methyl sites for hydroxylation is 1. The Morgan fingerprint density at radius 2 is 2.14 bits per heavy atom. The van der Waals surface area contributed by atoms with E-state index in [1.54, 1.807) is 7.05 Å². The average Bonchev–Trinajstić information content (AvgIpc) is 3.08. The molecule has 0 fully saturated rings. The zero-order valence-corrected chi connectivity index (χ0v) is 13.1. The summed E-state index contributed by atoms with van der Waals surface area (Å²) in [6.07, 6.45) is 4.10. The Morgan fingerprint density at radius 1 is 1.38 bits per heavy atom. The van der Waals surface area contributed by atoms with Crippen molar-refractivity contribution >= 4 is 5.96 Å². The van der Waals surface area contributed by atoms with Crippen LogP contribution < -0.4 is 10.6 Å². The first kappa shape index (κ1) is 15.2. The van der Waals surface area contributed by atoms with Crippen molar-refractivity contribution in [1.29, 1.82) is 0 Å². The molecule has 0 saturated heterocycles. The third kappa shape index (κ3) is 4.37. The van der Waals surface area contributed by atoms with E-state index in [2.05, 4.69) is 46.9 Å². The lowest BCUT2D eigenvalue weighted by Gasteiger charge is -2.09. The minimum absolute atomic E-state index is 0.373. The summed E-state index contributed by atoms with van der Waals surface area (Å²) < 4.78 is 7.31. The third-order valence-electron chi connectivity index (χ3n) is 3.18. The quantitative estimate of drug-likeness (QED) is 0.652. The molecule has 114 valence electrons. The van der Waals surface area contributed by atoms with Gasteiger partial charge in [0.1, 0.15) is 0 Å². The highest BCUT2D eigenvalue weighted by molar-refractivity contribution is 5.79. The summed E-state index contributed by atoms with van der Waals surface area (Å²) in [5.74, 6) is 1.92. The fraction of sp³-hybridized carbons (Fsp3) is 0.467. The highest BCUT2D eigenvalue weighted by Crippen LogP contribution is 2.13. The van der Waals surface area contributed by atoms with Gasteiger partial charge < -0.3 is 19.7 Å². The molecule has 6 heteroatoms. The maximum atomic E-state index is 5.29. The molecule has 0 aliphatic rings. The lowest BCUT2D eigenvalue weighted by Crippen LogP contribution is -2.36. The number of guanidine groups is 1. The van der Waals surface area contributed by atoms with Gasteiger partial charge in [0.25, 0.3) is 0 Å². The number of nitrogens with zero attached hydrogens (tertiary/aromatic N) is 3. The predicted octanol–water partition coefficient (Wildman–Crippen LogP) is 2.00. The molecule has 2 N–H and O–H groups in total. The van der Waals surface area contributed by atoms with Gasteiger partial charge in [-0.15, -0.1) is 0 Å². The SMILES string of the molecule is CN=C(NCc1ccn(C)c1)NCc1cc(C(C)C)no1. The van der Waals surface area contributed by atoms with Gasteiger partial charge in [-0.05, 0) is 17.5 Å². The highest BCUT2D eigenvalue weighted by atomic mass is 16.5. The summed E-state index contributed by atoms with van der Waals surface area (Å²) in [7, 11) is 3.76. The third-order valence-corrected chi connectivity index (χ3v) is 3.18. The van der Waals surface area contributed by atoms with Crippen molar-refractivity contribution in [2.75, 3.05) is 7.05 Å².